The Balaban J connectivity index is 1.51. The fourth-order valence-corrected chi connectivity index (χ4v) is 4.05. The van der Waals surface area contributed by atoms with E-state index in [1.54, 1.807) is 14.2 Å². The molecule has 2 aliphatic rings. The van der Waals surface area contributed by atoms with Crippen LogP contribution in [0.2, 0.25) is 5.02 Å². The molecule has 0 aromatic heterocycles. The summed E-state index contributed by atoms with van der Waals surface area (Å²) in [4.78, 5) is 15.0. The van der Waals surface area contributed by atoms with Crippen LogP contribution in [0.4, 0.5) is 0 Å². The van der Waals surface area contributed by atoms with Crippen LogP contribution in [-0.4, -0.2) is 38.2 Å². The average molecular weight is 388 g/mol. The van der Waals surface area contributed by atoms with Crippen molar-refractivity contribution in [2.45, 2.75) is 19.4 Å². The lowest BCUT2D eigenvalue weighted by atomic mass is 9.93. The van der Waals surface area contributed by atoms with Crippen LogP contribution >= 0.6 is 11.6 Å². The Hall–Kier alpha value is -2.40. The zero-order valence-electron chi connectivity index (χ0n) is 15.5. The Labute approximate surface area is 163 Å². The first-order valence-corrected chi connectivity index (χ1v) is 9.40. The second-order valence-corrected chi connectivity index (χ2v) is 7.39. The molecule has 0 fully saturated rings. The first kappa shape index (κ1) is 18.0. The monoisotopic (exact) mass is 387 g/mol. The van der Waals surface area contributed by atoms with Gasteiger partial charge in [-0.3, -0.25) is 4.79 Å². The Kier molecular flexibility index (Phi) is 4.87. The number of ether oxygens (including phenoxy) is 3. The van der Waals surface area contributed by atoms with Crippen molar-refractivity contribution in [3.05, 3.63) is 52.0 Å². The minimum absolute atomic E-state index is 0.126. The van der Waals surface area contributed by atoms with Crippen LogP contribution in [0.3, 0.4) is 0 Å². The molecule has 0 spiro atoms. The maximum atomic E-state index is 13.1. The molecular weight excluding hydrogens is 366 g/mol. The van der Waals surface area contributed by atoms with Crippen molar-refractivity contribution < 1.29 is 19.0 Å². The third-order valence-corrected chi connectivity index (χ3v) is 5.54. The molecule has 2 aromatic carbocycles. The summed E-state index contributed by atoms with van der Waals surface area (Å²) in [5.41, 5.74) is 3.30. The first-order chi connectivity index (χ1) is 13.1. The van der Waals surface area contributed by atoms with Crippen molar-refractivity contribution in [1.29, 1.82) is 0 Å². The molecule has 0 bridgehead atoms. The van der Waals surface area contributed by atoms with E-state index in [-0.39, 0.29) is 11.8 Å². The number of benzene rings is 2. The van der Waals surface area contributed by atoms with Crippen molar-refractivity contribution in [3.8, 4) is 17.2 Å². The molecule has 6 heteroatoms. The molecule has 0 saturated heterocycles. The number of carbonyl (C=O) groups excluding carboxylic acids is 1. The zero-order chi connectivity index (χ0) is 19.0. The van der Waals surface area contributed by atoms with Gasteiger partial charge in [0.25, 0.3) is 0 Å². The fraction of sp³-hybridized carbons (Fsp3) is 0.381. The van der Waals surface area contributed by atoms with Crippen LogP contribution in [0.1, 0.15) is 16.7 Å². The number of rotatable bonds is 3. The standard InChI is InChI=1S/C21H22ClNO4/c1-25-19-9-13-5-6-23(11-15(13)10-20(19)26-2)21(24)16-7-14-8-17(22)3-4-18(14)27-12-16/h3-4,8-10,16H,5-7,11-12H2,1-2H3/t16-/m0/s1. The average Bonchev–Trinajstić information content (AvgIpc) is 2.71. The van der Waals surface area contributed by atoms with E-state index >= 15 is 0 Å². The van der Waals surface area contributed by atoms with Gasteiger partial charge in [0.2, 0.25) is 5.91 Å². The van der Waals surface area contributed by atoms with Gasteiger partial charge >= 0.3 is 0 Å². The Morgan fingerprint density at radius 1 is 1.11 bits per heavy atom. The summed E-state index contributed by atoms with van der Waals surface area (Å²) in [7, 11) is 3.26. The number of hydrogen-bond donors (Lipinski definition) is 0. The summed E-state index contributed by atoms with van der Waals surface area (Å²) in [5.74, 6) is 2.18. The summed E-state index contributed by atoms with van der Waals surface area (Å²) in [6.45, 7) is 1.68. The summed E-state index contributed by atoms with van der Waals surface area (Å²) >= 11 is 6.09. The smallest absolute Gasteiger partial charge is 0.229 e. The highest BCUT2D eigenvalue weighted by molar-refractivity contribution is 6.30. The molecule has 5 nitrogen and oxygen atoms in total. The van der Waals surface area contributed by atoms with E-state index in [2.05, 4.69) is 0 Å². The predicted molar refractivity (Wildman–Crippen MR) is 103 cm³/mol. The predicted octanol–water partition coefficient (Wildman–Crippen LogP) is 3.49. The van der Waals surface area contributed by atoms with E-state index in [9.17, 15) is 4.79 Å². The van der Waals surface area contributed by atoms with Gasteiger partial charge in [-0.15, -0.1) is 0 Å². The van der Waals surface area contributed by atoms with Crippen molar-refractivity contribution in [3.63, 3.8) is 0 Å². The quantitative estimate of drug-likeness (QED) is 0.808. The lowest BCUT2D eigenvalue weighted by Gasteiger charge is -2.34. The number of carbonyl (C=O) groups is 1. The van der Waals surface area contributed by atoms with Gasteiger partial charge < -0.3 is 19.1 Å². The molecule has 2 aromatic rings. The van der Waals surface area contributed by atoms with E-state index in [4.69, 9.17) is 25.8 Å². The minimum Gasteiger partial charge on any atom is -0.493 e. The number of methoxy groups -OCH3 is 2. The maximum absolute atomic E-state index is 13.1. The molecule has 0 aliphatic carbocycles. The summed E-state index contributed by atoms with van der Waals surface area (Å²) in [5, 5.41) is 0.665. The van der Waals surface area contributed by atoms with Gasteiger partial charge in [-0.1, -0.05) is 11.6 Å². The third-order valence-electron chi connectivity index (χ3n) is 5.31. The first-order valence-electron chi connectivity index (χ1n) is 9.03. The number of nitrogens with zero attached hydrogens (tertiary/aromatic N) is 1. The van der Waals surface area contributed by atoms with Crippen LogP contribution < -0.4 is 14.2 Å². The molecule has 2 aliphatic heterocycles. The van der Waals surface area contributed by atoms with Crippen LogP contribution in [0.15, 0.2) is 30.3 Å². The lowest BCUT2D eigenvalue weighted by molar-refractivity contribution is -0.137. The molecular formula is C21H22ClNO4. The molecule has 4 rings (SSSR count). The van der Waals surface area contributed by atoms with Gasteiger partial charge in [0.15, 0.2) is 11.5 Å². The van der Waals surface area contributed by atoms with Crippen LogP contribution in [0.5, 0.6) is 17.2 Å². The number of hydrogen-bond acceptors (Lipinski definition) is 4. The van der Waals surface area contributed by atoms with E-state index in [0.29, 0.717) is 36.9 Å². The van der Waals surface area contributed by atoms with Gasteiger partial charge in [0, 0.05) is 18.1 Å². The Morgan fingerprint density at radius 2 is 1.85 bits per heavy atom. The second-order valence-electron chi connectivity index (χ2n) is 6.95. The highest BCUT2D eigenvalue weighted by Gasteiger charge is 2.31. The number of fused-ring (bicyclic) bond motifs is 2. The van der Waals surface area contributed by atoms with Crippen molar-refractivity contribution in [1.82, 2.24) is 4.90 Å². The summed E-state index contributed by atoms with van der Waals surface area (Å²) in [6, 6.07) is 9.55. The Bertz CT molecular complexity index is 883. The van der Waals surface area contributed by atoms with Gasteiger partial charge in [0.05, 0.1) is 20.1 Å². The highest BCUT2D eigenvalue weighted by Crippen LogP contribution is 2.35. The normalized spacial score (nSPS) is 18.2. The highest BCUT2D eigenvalue weighted by atomic mass is 35.5. The largest absolute Gasteiger partial charge is 0.493 e. The maximum Gasteiger partial charge on any atom is 0.229 e. The SMILES string of the molecule is COc1cc2c(cc1OC)CN(C(=O)[C@@H]1COc3ccc(Cl)cc3C1)CC2. The molecule has 0 radical (unpaired) electrons. The molecule has 27 heavy (non-hydrogen) atoms. The van der Waals surface area contributed by atoms with Gasteiger partial charge in [-0.25, -0.2) is 0 Å². The molecule has 0 N–H and O–H groups in total. The minimum atomic E-state index is -0.183. The Morgan fingerprint density at radius 3 is 2.59 bits per heavy atom. The molecule has 1 atom stereocenters. The summed E-state index contributed by atoms with van der Waals surface area (Å²) in [6.07, 6.45) is 1.46. The van der Waals surface area contributed by atoms with Gasteiger partial charge in [-0.2, -0.15) is 0 Å². The van der Waals surface area contributed by atoms with Crippen LogP contribution in [-0.2, 0) is 24.2 Å². The van der Waals surface area contributed by atoms with Gasteiger partial charge in [-0.05, 0) is 59.9 Å². The van der Waals surface area contributed by atoms with Crippen molar-refractivity contribution in [2.75, 3.05) is 27.4 Å². The van der Waals surface area contributed by atoms with Crippen molar-refractivity contribution in [2.24, 2.45) is 5.92 Å². The molecule has 0 unspecified atom stereocenters. The summed E-state index contributed by atoms with van der Waals surface area (Å²) < 4.78 is 16.6. The van der Waals surface area contributed by atoms with E-state index in [1.165, 1.54) is 5.56 Å². The second kappa shape index (κ2) is 7.31. The van der Waals surface area contributed by atoms with E-state index in [0.717, 1.165) is 29.0 Å². The zero-order valence-corrected chi connectivity index (χ0v) is 16.2. The number of amides is 1. The molecule has 2 heterocycles. The van der Waals surface area contributed by atoms with Crippen LogP contribution in [0, 0.1) is 5.92 Å². The number of halogens is 1. The molecule has 142 valence electrons. The fourth-order valence-electron chi connectivity index (χ4n) is 3.85. The molecule has 1 amide bonds. The van der Waals surface area contributed by atoms with Crippen molar-refractivity contribution >= 4 is 17.5 Å². The third kappa shape index (κ3) is 3.44. The van der Waals surface area contributed by atoms with Crippen LogP contribution in [0.25, 0.3) is 0 Å². The van der Waals surface area contributed by atoms with E-state index in [1.807, 2.05) is 35.2 Å². The van der Waals surface area contributed by atoms with Gasteiger partial charge in [0.1, 0.15) is 12.4 Å². The topological polar surface area (TPSA) is 48.0 Å². The molecule has 0 saturated carbocycles. The lowest BCUT2D eigenvalue weighted by Crippen LogP contribution is -2.43. The van der Waals surface area contributed by atoms with E-state index < -0.39 is 0 Å².